The van der Waals surface area contributed by atoms with Gasteiger partial charge in [0.15, 0.2) is 0 Å². The van der Waals surface area contributed by atoms with E-state index in [9.17, 15) is 9.59 Å². The second-order valence-corrected chi connectivity index (χ2v) is 8.50. The van der Waals surface area contributed by atoms with Crippen LogP contribution in [0, 0.1) is 5.41 Å². The zero-order chi connectivity index (χ0) is 20.3. The van der Waals surface area contributed by atoms with Crippen LogP contribution >= 0.6 is 0 Å². The summed E-state index contributed by atoms with van der Waals surface area (Å²) in [6.07, 6.45) is 1.30. The molecular formula is C21H30N2O5. The van der Waals surface area contributed by atoms with Crippen LogP contribution in [0.15, 0.2) is 24.3 Å². The number of hydrogen-bond donors (Lipinski definition) is 0. The smallest absolute Gasteiger partial charge is 0.414 e. The number of hydrogen-bond acceptors (Lipinski definition) is 6. The first-order valence-corrected chi connectivity index (χ1v) is 9.82. The number of amides is 1. The minimum Gasteiger partial charge on any atom is -0.441 e. The molecule has 2 saturated heterocycles. The van der Waals surface area contributed by atoms with Crippen molar-refractivity contribution in [3.63, 3.8) is 0 Å². The summed E-state index contributed by atoms with van der Waals surface area (Å²) in [7, 11) is 1.60. The standard InChI is InChI=1S/C21H30N2O5/c1-21(2,3)19(24)28-22-11-9-16(10-12-22)15-5-7-17(8-6-15)23-13-18(14-26-4)27-20(23)25/h5-8,16,18H,9-14H2,1-4H3. The van der Waals surface area contributed by atoms with E-state index in [0.717, 1.165) is 31.6 Å². The van der Waals surface area contributed by atoms with Crippen molar-refractivity contribution in [3.05, 3.63) is 29.8 Å². The van der Waals surface area contributed by atoms with Crippen LogP contribution in [0.1, 0.15) is 45.1 Å². The molecule has 1 atom stereocenters. The van der Waals surface area contributed by atoms with Crippen LogP contribution < -0.4 is 4.90 Å². The van der Waals surface area contributed by atoms with Crippen LogP contribution in [0.5, 0.6) is 0 Å². The zero-order valence-electron chi connectivity index (χ0n) is 17.1. The maximum Gasteiger partial charge on any atom is 0.414 e. The summed E-state index contributed by atoms with van der Waals surface area (Å²) in [4.78, 5) is 31.2. The number of carbonyl (C=O) groups excluding carboxylic acids is 2. The van der Waals surface area contributed by atoms with Crippen molar-refractivity contribution in [3.8, 4) is 0 Å². The predicted molar refractivity (Wildman–Crippen MR) is 105 cm³/mol. The summed E-state index contributed by atoms with van der Waals surface area (Å²) in [6, 6.07) is 8.09. The summed E-state index contributed by atoms with van der Waals surface area (Å²) in [5.41, 5.74) is 1.58. The van der Waals surface area contributed by atoms with Gasteiger partial charge in [-0.05, 0) is 57.2 Å². The molecule has 28 heavy (non-hydrogen) atoms. The maximum absolute atomic E-state index is 12.0. The van der Waals surface area contributed by atoms with Gasteiger partial charge in [0.2, 0.25) is 0 Å². The van der Waals surface area contributed by atoms with E-state index >= 15 is 0 Å². The van der Waals surface area contributed by atoms with Crippen LogP contribution in [0.3, 0.4) is 0 Å². The quantitative estimate of drug-likeness (QED) is 0.768. The molecule has 2 fully saturated rings. The fourth-order valence-corrected chi connectivity index (χ4v) is 3.47. The SMILES string of the molecule is COCC1CN(c2ccc(C3CCN(OC(=O)C(C)(C)C)CC3)cc2)C(=O)O1. The summed E-state index contributed by atoms with van der Waals surface area (Å²) in [5, 5.41) is 1.77. The van der Waals surface area contributed by atoms with Crippen LogP contribution in [0.25, 0.3) is 0 Å². The second-order valence-electron chi connectivity index (χ2n) is 8.50. The first kappa shape index (κ1) is 20.6. The number of methoxy groups -OCH3 is 1. The molecule has 3 rings (SSSR count). The van der Waals surface area contributed by atoms with E-state index in [1.807, 2.05) is 32.9 Å². The number of rotatable bonds is 5. The van der Waals surface area contributed by atoms with Crippen LogP contribution in [-0.4, -0.2) is 56.6 Å². The lowest BCUT2D eigenvalue weighted by Crippen LogP contribution is -2.38. The molecule has 1 aromatic carbocycles. The highest BCUT2D eigenvalue weighted by molar-refractivity contribution is 5.89. The lowest BCUT2D eigenvalue weighted by Gasteiger charge is -2.32. The molecule has 2 aliphatic heterocycles. The average Bonchev–Trinajstić information content (AvgIpc) is 3.02. The third-order valence-corrected chi connectivity index (χ3v) is 5.18. The van der Waals surface area contributed by atoms with Crippen molar-refractivity contribution in [2.75, 3.05) is 38.3 Å². The van der Waals surface area contributed by atoms with Gasteiger partial charge < -0.3 is 14.3 Å². The molecular weight excluding hydrogens is 360 g/mol. The molecule has 1 unspecified atom stereocenters. The van der Waals surface area contributed by atoms with E-state index in [4.69, 9.17) is 14.3 Å². The molecule has 0 aliphatic carbocycles. The Morgan fingerprint density at radius 3 is 2.39 bits per heavy atom. The van der Waals surface area contributed by atoms with Gasteiger partial charge in [-0.3, -0.25) is 4.90 Å². The van der Waals surface area contributed by atoms with E-state index in [1.54, 1.807) is 17.1 Å². The van der Waals surface area contributed by atoms with Crippen molar-refractivity contribution < 1.29 is 23.9 Å². The highest BCUT2D eigenvalue weighted by Gasteiger charge is 2.32. The topological polar surface area (TPSA) is 68.3 Å². The minimum atomic E-state index is -0.494. The number of hydroxylamine groups is 2. The number of carbonyl (C=O) groups is 2. The van der Waals surface area contributed by atoms with E-state index < -0.39 is 5.41 Å². The van der Waals surface area contributed by atoms with Gasteiger partial charge in [-0.2, -0.15) is 0 Å². The van der Waals surface area contributed by atoms with Gasteiger partial charge in [-0.1, -0.05) is 12.1 Å². The third kappa shape index (κ3) is 4.83. The van der Waals surface area contributed by atoms with Crippen molar-refractivity contribution in [2.24, 2.45) is 5.41 Å². The number of cyclic esters (lactones) is 1. The van der Waals surface area contributed by atoms with E-state index in [-0.39, 0.29) is 18.2 Å². The molecule has 1 aromatic rings. The highest BCUT2D eigenvalue weighted by atomic mass is 16.7. The van der Waals surface area contributed by atoms with E-state index in [1.165, 1.54) is 5.56 Å². The van der Waals surface area contributed by atoms with Gasteiger partial charge in [-0.25, -0.2) is 9.59 Å². The first-order valence-electron chi connectivity index (χ1n) is 9.82. The molecule has 7 nitrogen and oxygen atoms in total. The molecule has 154 valence electrons. The lowest BCUT2D eigenvalue weighted by atomic mass is 9.90. The van der Waals surface area contributed by atoms with Gasteiger partial charge in [0.05, 0.1) is 18.6 Å². The lowest BCUT2D eigenvalue weighted by molar-refractivity contribution is -0.204. The molecule has 0 N–H and O–H groups in total. The molecule has 2 heterocycles. The van der Waals surface area contributed by atoms with Crippen LogP contribution in [0.2, 0.25) is 0 Å². The molecule has 2 aliphatic rings. The van der Waals surface area contributed by atoms with E-state index in [2.05, 4.69) is 12.1 Å². The van der Waals surface area contributed by atoms with Gasteiger partial charge >= 0.3 is 12.1 Å². The Kier molecular flexibility index (Phi) is 6.25. The molecule has 7 heteroatoms. The molecule has 0 radical (unpaired) electrons. The summed E-state index contributed by atoms with van der Waals surface area (Å²) < 4.78 is 10.4. The van der Waals surface area contributed by atoms with Gasteiger partial charge in [0, 0.05) is 25.9 Å². The van der Waals surface area contributed by atoms with Gasteiger partial charge in [0.25, 0.3) is 0 Å². The Morgan fingerprint density at radius 2 is 1.82 bits per heavy atom. The molecule has 0 saturated carbocycles. The highest BCUT2D eigenvalue weighted by Crippen LogP contribution is 2.31. The normalized spacial score (nSPS) is 21.6. The van der Waals surface area contributed by atoms with Crippen LogP contribution in [0.4, 0.5) is 10.5 Å². The molecule has 0 spiro atoms. The van der Waals surface area contributed by atoms with Crippen molar-refractivity contribution >= 4 is 17.7 Å². The number of piperidine rings is 1. The molecule has 0 aromatic heterocycles. The Hall–Kier alpha value is -2.12. The number of anilines is 1. The largest absolute Gasteiger partial charge is 0.441 e. The summed E-state index contributed by atoms with van der Waals surface area (Å²) in [6.45, 7) is 7.94. The number of ether oxygens (including phenoxy) is 2. The Morgan fingerprint density at radius 1 is 1.18 bits per heavy atom. The predicted octanol–water partition coefficient (Wildman–Crippen LogP) is 3.34. The second kappa shape index (κ2) is 8.49. The molecule has 0 bridgehead atoms. The van der Waals surface area contributed by atoms with Gasteiger partial charge in [-0.15, -0.1) is 5.06 Å². The Bertz CT molecular complexity index is 690. The van der Waals surface area contributed by atoms with Crippen molar-refractivity contribution in [2.45, 2.75) is 45.6 Å². The van der Waals surface area contributed by atoms with Crippen molar-refractivity contribution in [1.29, 1.82) is 0 Å². The third-order valence-electron chi connectivity index (χ3n) is 5.18. The monoisotopic (exact) mass is 390 g/mol. The van der Waals surface area contributed by atoms with Gasteiger partial charge in [0.1, 0.15) is 6.10 Å². The molecule has 1 amide bonds. The zero-order valence-corrected chi connectivity index (χ0v) is 17.1. The van der Waals surface area contributed by atoms with Crippen molar-refractivity contribution in [1.82, 2.24) is 5.06 Å². The average molecular weight is 390 g/mol. The summed E-state index contributed by atoms with van der Waals surface area (Å²) >= 11 is 0. The van der Waals surface area contributed by atoms with Crippen LogP contribution in [-0.2, 0) is 19.1 Å². The fraction of sp³-hybridized carbons (Fsp3) is 0.619. The number of benzene rings is 1. The summed E-state index contributed by atoms with van der Waals surface area (Å²) in [5.74, 6) is 0.227. The first-order chi connectivity index (χ1) is 13.3. The van der Waals surface area contributed by atoms with E-state index in [0.29, 0.717) is 19.1 Å². The maximum atomic E-state index is 12.0. The number of nitrogens with zero attached hydrogens (tertiary/aromatic N) is 2. The Balaban J connectivity index is 1.54. The Labute approximate surface area is 166 Å². The fourth-order valence-electron chi connectivity index (χ4n) is 3.47. The minimum absolute atomic E-state index is 0.195.